The Morgan fingerprint density at radius 3 is 3.00 bits per heavy atom. The monoisotopic (exact) mass is 208 g/mol. The summed E-state index contributed by atoms with van der Waals surface area (Å²) in [4.78, 5) is 17.5. The Morgan fingerprint density at radius 1 is 1.67 bits per heavy atom. The normalized spacial score (nSPS) is 9.80. The van der Waals surface area contributed by atoms with Gasteiger partial charge in [-0.1, -0.05) is 6.92 Å². The second-order valence-electron chi connectivity index (χ2n) is 3.29. The molecule has 0 aliphatic carbocycles. The summed E-state index contributed by atoms with van der Waals surface area (Å²) in [7, 11) is 1.76. The van der Waals surface area contributed by atoms with Crippen molar-refractivity contribution in [3.8, 4) is 0 Å². The van der Waals surface area contributed by atoms with E-state index < -0.39 is 0 Å². The van der Waals surface area contributed by atoms with Crippen LogP contribution in [-0.2, 0) is 0 Å². The Hall–Kier alpha value is -1.62. The summed E-state index contributed by atoms with van der Waals surface area (Å²) in [6.07, 6.45) is 4.03. The van der Waals surface area contributed by atoms with Crippen LogP contribution in [0.1, 0.15) is 23.7 Å². The van der Waals surface area contributed by atoms with E-state index in [0.29, 0.717) is 11.3 Å². The van der Waals surface area contributed by atoms with Crippen molar-refractivity contribution < 1.29 is 4.79 Å². The topological polar surface area (TPSA) is 71.2 Å². The molecule has 0 aliphatic rings. The van der Waals surface area contributed by atoms with Crippen LogP contribution in [0.25, 0.3) is 0 Å². The molecule has 15 heavy (non-hydrogen) atoms. The molecule has 0 radical (unpaired) electrons. The molecule has 82 valence electrons. The van der Waals surface area contributed by atoms with Crippen molar-refractivity contribution in [3.63, 3.8) is 0 Å². The number of amides is 1. The van der Waals surface area contributed by atoms with Crippen molar-refractivity contribution >= 4 is 11.6 Å². The van der Waals surface area contributed by atoms with Gasteiger partial charge in [-0.3, -0.25) is 15.6 Å². The van der Waals surface area contributed by atoms with Crippen LogP contribution in [-0.4, -0.2) is 29.4 Å². The fourth-order valence-corrected chi connectivity index (χ4v) is 1.33. The van der Waals surface area contributed by atoms with Crippen LogP contribution in [0, 0.1) is 0 Å². The first-order chi connectivity index (χ1) is 7.20. The molecule has 3 N–H and O–H groups in total. The van der Waals surface area contributed by atoms with E-state index >= 15 is 0 Å². The lowest BCUT2D eigenvalue weighted by Gasteiger charge is -2.17. The van der Waals surface area contributed by atoms with Crippen LogP contribution >= 0.6 is 0 Å². The fraction of sp³-hybridized carbons (Fsp3) is 0.400. The highest BCUT2D eigenvalue weighted by Crippen LogP contribution is 2.13. The van der Waals surface area contributed by atoms with Crippen LogP contribution in [0.3, 0.4) is 0 Å². The average Bonchev–Trinajstić information content (AvgIpc) is 2.28. The van der Waals surface area contributed by atoms with E-state index in [9.17, 15) is 4.79 Å². The number of hydrogen-bond acceptors (Lipinski definition) is 4. The predicted molar refractivity (Wildman–Crippen MR) is 59.3 cm³/mol. The lowest BCUT2D eigenvalue weighted by Crippen LogP contribution is -2.28. The number of rotatable bonds is 4. The molecule has 0 saturated carbocycles. The van der Waals surface area contributed by atoms with Crippen LogP contribution in [0.4, 0.5) is 5.69 Å². The number of pyridine rings is 1. The van der Waals surface area contributed by atoms with Crippen LogP contribution < -0.4 is 11.3 Å². The molecule has 0 aromatic carbocycles. The zero-order valence-corrected chi connectivity index (χ0v) is 9.03. The van der Waals surface area contributed by atoms with E-state index in [2.05, 4.69) is 10.4 Å². The Kier molecular flexibility index (Phi) is 4.05. The molecular weight excluding hydrogens is 192 g/mol. The highest BCUT2D eigenvalue weighted by atomic mass is 16.2. The molecule has 0 atom stereocenters. The number of nitrogen functional groups attached to an aromatic ring is 1. The molecule has 1 aromatic rings. The highest BCUT2D eigenvalue weighted by Gasteiger charge is 2.14. The highest BCUT2D eigenvalue weighted by molar-refractivity contribution is 5.99. The van der Waals surface area contributed by atoms with Gasteiger partial charge in [0.05, 0.1) is 11.3 Å². The lowest BCUT2D eigenvalue weighted by atomic mass is 10.2. The third kappa shape index (κ3) is 2.66. The predicted octanol–water partition coefficient (Wildman–Crippen LogP) is 0.849. The Balaban J connectivity index is 2.90. The van der Waals surface area contributed by atoms with Gasteiger partial charge in [-0.2, -0.15) is 0 Å². The first-order valence-corrected chi connectivity index (χ1v) is 4.86. The average molecular weight is 208 g/mol. The number of aromatic nitrogens is 1. The van der Waals surface area contributed by atoms with Gasteiger partial charge in [-0.05, 0) is 12.5 Å². The van der Waals surface area contributed by atoms with Gasteiger partial charge in [-0.15, -0.1) is 0 Å². The van der Waals surface area contributed by atoms with Crippen molar-refractivity contribution in [3.05, 3.63) is 24.0 Å². The third-order valence-electron chi connectivity index (χ3n) is 2.11. The maximum absolute atomic E-state index is 11.9. The van der Waals surface area contributed by atoms with E-state index in [4.69, 9.17) is 5.84 Å². The van der Waals surface area contributed by atoms with Crippen molar-refractivity contribution in [1.82, 2.24) is 9.88 Å². The minimum absolute atomic E-state index is 0.0714. The van der Waals surface area contributed by atoms with E-state index in [-0.39, 0.29) is 5.91 Å². The minimum atomic E-state index is -0.0714. The number of anilines is 1. The van der Waals surface area contributed by atoms with Crippen molar-refractivity contribution in [2.24, 2.45) is 5.84 Å². The quantitative estimate of drug-likeness (QED) is 0.568. The summed E-state index contributed by atoms with van der Waals surface area (Å²) < 4.78 is 0. The summed E-state index contributed by atoms with van der Waals surface area (Å²) in [5, 5.41) is 0. The number of hydrogen-bond donors (Lipinski definition) is 2. The molecule has 1 aromatic heterocycles. The van der Waals surface area contributed by atoms with Gasteiger partial charge in [0.1, 0.15) is 0 Å². The summed E-state index contributed by atoms with van der Waals surface area (Å²) in [6, 6.07) is 1.67. The van der Waals surface area contributed by atoms with Crippen LogP contribution in [0.15, 0.2) is 18.5 Å². The van der Waals surface area contributed by atoms with Gasteiger partial charge >= 0.3 is 0 Å². The molecular formula is C10H16N4O. The number of nitrogens with two attached hydrogens (primary N) is 1. The number of carbonyl (C=O) groups is 1. The zero-order valence-electron chi connectivity index (χ0n) is 9.03. The molecule has 1 rings (SSSR count). The third-order valence-corrected chi connectivity index (χ3v) is 2.11. The number of hydrazine groups is 1. The van der Waals surface area contributed by atoms with E-state index in [1.54, 1.807) is 24.2 Å². The zero-order chi connectivity index (χ0) is 11.3. The molecule has 0 saturated heterocycles. The SMILES string of the molecule is CCCN(C)C(=O)c1cnccc1NN. The van der Waals surface area contributed by atoms with Crippen molar-refractivity contribution in [2.75, 3.05) is 19.0 Å². The number of nitrogens with zero attached hydrogens (tertiary/aromatic N) is 2. The number of nitrogens with one attached hydrogen (secondary N) is 1. The molecule has 5 heteroatoms. The van der Waals surface area contributed by atoms with E-state index in [1.165, 1.54) is 6.20 Å². The maximum Gasteiger partial charge on any atom is 0.257 e. The molecule has 0 aliphatic heterocycles. The number of carbonyl (C=O) groups excluding carboxylic acids is 1. The molecule has 5 nitrogen and oxygen atoms in total. The Labute approximate surface area is 89.3 Å². The summed E-state index contributed by atoms with van der Waals surface area (Å²) >= 11 is 0. The second-order valence-corrected chi connectivity index (χ2v) is 3.29. The molecule has 0 unspecified atom stereocenters. The van der Waals surface area contributed by atoms with Crippen LogP contribution in [0.2, 0.25) is 0 Å². The smallest absolute Gasteiger partial charge is 0.257 e. The minimum Gasteiger partial charge on any atom is -0.342 e. The van der Waals surface area contributed by atoms with Gasteiger partial charge < -0.3 is 10.3 Å². The summed E-state index contributed by atoms with van der Waals surface area (Å²) in [6.45, 7) is 2.74. The Bertz CT molecular complexity index is 340. The first-order valence-electron chi connectivity index (χ1n) is 4.86. The fourth-order valence-electron chi connectivity index (χ4n) is 1.33. The first kappa shape index (κ1) is 11.5. The van der Waals surface area contributed by atoms with E-state index in [0.717, 1.165) is 13.0 Å². The summed E-state index contributed by atoms with van der Waals surface area (Å²) in [5.74, 6) is 5.24. The van der Waals surface area contributed by atoms with Crippen molar-refractivity contribution in [1.29, 1.82) is 0 Å². The van der Waals surface area contributed by atoms with Gasteiger partial charge in [0.25, 0.3) is 5.91 Å². The van der Waals surface area contributed by atoms with E-state index in [1.807, 2.05) is 6.92 Å². The largest absolute Gasteiger partial charge is 0.342 e. The lowest BCUT2D eigenvalue weighted by molar-refractivity contribution is 0.0795. The standard InChI is InChI=1S/C10H16N4O/c1-3-6-14(2)10(15)8-7-12-5-4-9(8)13-11/h4-5,7H,3,6,11H2,1-2H3,(H,12,13). The second kappa shape index (κ2) is 5.31. The van der Waals surface area contributed by atoms with Gasteiger partial charge in [-0.25, -0.2) is 0 Å². The van der Waals surface area contributed by atoms with Gasteiger partial charge in [0.2, 0.25) is 0 Å². The molecule has 0 fully saturated rings. The molecule has 1 heterocycles. The van der Waals surface area contributed by atoms with Crippen LogP contribution in [0.5, 0.6) is 0 Å². The molecule has 0 bridgehead atoms. The molecule has 0 spiro atoms. The van der Waals surface area contributed by atoms with Gasteiger partial charge in [0.15, 0.2) is 0 Å². The van der Waals surface area contributed by atoms with Crippen molar-refractivity contribution in [2.45, 2.75) is 13.3 Å². The van der Waals surface area contributed by atoms with Gasteiger partial charge in [0, 0.05) is 26.0 Å². The Morgan fingerprint density at radius 2 is 2.40 bits per heavy atom. The summed E-state index contributed by atoms with van der Waals surface area (Å²) in [5.41, 5.74) is 3.58. The maximum atomic E-state index is 11.9. The molecule has 1 amide bonds.